The van der Waals surface area contributed by atoms with Gasteiger partial charge in [-0.2, -0.15) is 4.37 Å². The van der Waals surface area contributed by atoms with Crippen LogP contribution >= 0.6 is 11.5 Å². The smallest absolute Gasteiger partial charge is 0.182 e. The molecule has 7 nitrogen and oxygen atoms in total. The molecule has 0 radical (unpaired) electrons. The van der Waals surface area contributed by atoms with E-state index in [0.717, 1.165) is 50.5 Å². The predicted octanol–water partition coefficient (Wildman–Crippen LogP) is -0.212. The highest BCUT2D eigenvalue weighted by Crippen LogP contribution is 2.30. The number of anilines is 2. The Kier molecular flexibility index (Phi) is 4.84. The van der Waals surface area contributed by atoms with Crippen molar-refractivity contribution < 1.29 is 8.42 Å². The van der Waals surface area contributed by atoms with Gasteiger partial charge in [0.2, 0.25) is 0 Å². The monoisotopic (exact) mass is 319 g/mol. The summed E-state index contributed by atoms with van der Waals surface area (Å²) in [5.74, 6) is 0.0830. The summed E-state index contributed by atoms with van der Waals surface area (Å²) in [4.78, 5) is 4.79. The fourth-order valence-electron chi connectivity index (χ4n) is 2.16. The van der Waals surface area contributed by atoms with Crippen LogP contribution in [0.5, 0.6) is 0 Å². The second-order valence-electron chi connectivity index (χ2n) is 5.07. The number of aromatic nitrogens is 1. The van der Waals surface area contributed by atoms with Crippen molar-refractivity contribution >= 4 is 32.2 Å². The molecule has 0 atom stereocenters. The number of nitrogen functional groups attached to an aromatic ring is 1. The Hall–Kier alpha value is -0.900. The minimum atomic E-state index is -3.34. The number of nitrogens with zero attached hydrogens (tertiary/aromatic N) is 3. The molecule has 0 bridgehead atoms. The normalized spacial score (nSPS) is 18.3. The van der Waals surface area contributed by atoms with E-state index in [-0.39, 0.29) is 10.7 Å². The van der Waals surface area contributed by atoms with E-state index in [2.05, 4.69) is 26.5 Å². The molecule has 2 heterocycles. The van der Waals surface area contributed by atoms with Crippen molar-refractivity contribution in [1.82, 2.24) is 14.2 Å². The molecule has 1 aromatic heterocycles. The molecule has 0 spiro atoms. The van der Waals surface area contributed by atoms with Gasteiger partial charge in [0.1, 0.15) is 9.90 Å². The Labute approximate surface area is 123 Å². The Morgan fingerprint density at radius 3 is 2.60 bits per heavy atom. The maximum absolute atomic E-state index is 11.7. The lowest BCUT2D eigenvalue weighted by molar-refractivity contribution is 0.158. The van der Waals surface area contributed by atoms with Crippen molar-refractivity contribution in [3.63, 3.8) is 0 Å². The van der Waals surface area contributed by atoms with E-state index in [4.69, 9.17) is 5.73 Å². The predicted molar refractivity (Wildman–Crippen MR) is 82.1 cm³/mol. The van der Waals surface area contributed by atoms with Crippen molar-refractivity contribution in [3.05, 3.63) is 0 Å². The number of hydrogen-bond acceptors (Lipinski definition) is 8. The van der Waals surface area contributed by atoms with E-state index in [1.54, 1.807) is 0 Å². The van der Waals surface area contributed by atoms with Crippen LogP contribution in [0.15, 0.2) is 4.90 Å². The topological polar surface area (TPSA) is 91.6 Å². The molecule has 3 N–H and O–H groups in total. The molecule has 0 saturated carbocycles. The third-order valence-corrected chi connectivity index (χ3v) is 5.46. The molecule has 1 aliphatic heterocycles. The van der Waals surface area contributed by atoms with Crippen molar-refractivity contribution in [3.8, 4) is 0 Å². The first-order valence-electron chi connectivity index (χ1n) is 6.48. The van der Waals surface area contributed by atoms with Crippen molar-refractivity contribution in [1.29, 1.82) is 0 Å². The van der Waals surface area contributed by atoms with Crippen LogP contribution in [0.3, 0.4) is 0 Å². The van der Waals surface area contributed by atoms with Gasteiger partial charge in [-0.15, -0.1) is 0 Å². The molecule has 114 valence electrons. The van der Waals surface area contributed by atoms with Crippen LogP contribution in [0.1, 0.15) is 0 Å². The van der Waals surface area contributed by atoms with E-state index in [9.17, 15) is 8.42 Å². The number of hydrogen-bond donors (Lipinski definition) is 2. The van der Waals surface area contributed by atoms with Crippen LogP contribution < -0.4 is 11.1 Å². The summed E-state index contributed by atoms with van der Waals surface area (Å²) >= 11 is 1.10. The second kappa shape index (κ2) is 6.25. The largest absolute Gasteiger partial charge is 0.382 e. The first-order chi connectivity index (χ1) is 9.38. The van der Waals surface area contributed by atoms with E-state index in [1.807, 2.05) is 0 Å². The molecule has 0 aliphatic carbocycles. The van der Waals surface area contributed by atoms with Crippen LogP contribution in [0.2, 0.25) is 0 Å². The maximum Gasteiger partial charge on any atom is 0.182 e. The van der Waals surface area contributed by atoms with Crippen molar-refractivity contribution in [2.75, 3.05) is 63.6 Å². The van der Waals surface area contributed by atoms with Gasteiger partial charge in [0.25, 0.3) is 0 Å². The highest BCUT2D eigenvalue weighted by molar-refractivity contribution is 7.91. The Morgan fingerprint density at radius 2 is 2.00 bits per heavy atom. The number of piperazine rings is 1. The lowest BCUT2D eigenvalue weighted by atomic mass is 10.3. The molecule has 20 heavy (non-hydrogen) atoms. The molecule has 2 rings (SSSR count). The van der Waals surface area contributed by atoms with Crippen LogP contribution in [0.4, 0.5) is 10.8 Å². The fourth-order valence-corrected chi connectivity index (χ4v) is 4.26. The van der Waals surface area contributed by atoms with Gasteiger partial charge in [0, 0.05) is 45.5 Å². The Balaban J connectivity index is 1.89. The van der Waals surface area contributed by atoms with Crippen LogP contribution in [0.25, 0.3) is 0 Å². The summed E-state index contributed by atoms with van der Waals surface area (Å²) < 4.78 is 27.3. The first-order valence-corrected chi connectivity index (χ1v) is 9.14. The molecule has 0 unspecified atom stereocenters. The van der Waals surface area contributed by atoms with Gasteiger partial charge in [-0.3, -0.25) is 4.90 Å². The molecule has 9 heteroatoms. The molecule has 1 fully saturated rings. The summed E-state index contributed by atoms with van der Waals surface area (Å²) in [5, 5.41) is 3.68. The van der Waals surface area contributed by atoms with Crippen LogP contribution in [-0.4, -0.2) is 75.2 Å². The standard InChI is InChI=1S/C11H21N5O2S2/c1-15-5-7-16(8-6-15)4-3-13-11-9(20(2,17)18)10(12)14-19-11/h13H,3-8H2,1-2H3,(H2,12,14). The van der Waals surface area contributed by atoms with Crippen LogP contribution in [0, 0.1) is 0 Å². The molecule has 1 saturated heterocycles. The van der Waals surface area contributed by atoms with Gasteiger partial charge >= 0.3 is 0 Å². The molecular formula is C11H21N5O2S2. The lowest BCUT2D eigenvalue weighted by Gasteiger charge is -2.32. The fraction of sp³-hybridized carbons (Fsp3) is 0.727. The summed E-state index contributed by atoms with van der Waals surface area (Å²) in [6.45, 7) is 5.80. The van der Waals surface area contributed by atoms with Crippen LogP contribution in [-0.2, 0) is 9.84 Å². The van der Waals surface area contributed by atoms with Gasteiger partial charge in [0.05, 0.1) is 0 Å². The SMILES string of the molecule is CN1CCN(CCNc2snc(N)c2S(C)(=O)=O)CC1. The second-order valence-corrected chi connectivity index (χ2v) is 7.80. The van der Waals surface area contributed by atoms with E-state index < -0.39 is 9.84 Å². The van der Waals surface area contributed by atoms with Gasteiger partial charge in [-0.1, -0.05) is 0 Å². The summed E-state index contributed by atoms with van der Waals surface area (Å²) in [5.41, 5.74) is 5.62. The minimum Gasteiger partial charge on any atom is -0.382 e. The highest BCUT2D eigenvalue weighted by Gasteiger charge is 2.21. The van der Waals surface area contributed by atoms with Crippen molar-refractivity contribution in [2.24, 2.45) is 0 Å². The zero-order valence-corrected chi connectivity index (χ0v) is 13.4. The number of sulfone groups is 1. The molecule has 0 aromatic carbocycles. The molecule has 0 amide bonds. The highest BCUT2D eigenvalue weighted by atomic mass is 32.2. The summed E-state index contributed by atoms with van der Waals surface area (Å²) in [6.07, 6.45) is 1.15. The summed E-state index contributed by atoms with van der Waals surface area (Å²) in [7, 11) is -1.22. The number of nitrogens with one attached hydrogen (secondary N) is 1. The number of likely N-dealkylation sites (N-methyl/N-ethyl adjacent to an activating group) is 1. The third-order valence-electron chi connectivity index (χ3n) is 3.35. The number of nitrogens with two attached hydrogens (primary N) is 1. The van der Waals surface area contributed by atoms with E-state index >= 15 is 0 Å². The van der Waals surface area contributed by atoms with Gasteiger partial charge in [0.15, 0.2) is 15.7 Å². The van der Waals surface area contributed by atoms with Gasteiger partial charge in [-0.25, -0.2) is 8.42 Å². The number of rotatable bonds is 5. The maximum atomic E-state index is 11.7. The first kappa shape index (κ1) is 15.5. The van der Waals surface area contributed by atoms with Gasteiger partial charge in [-0.05, 0) is 18.6 Å². The zero-order valence-electron chi connectivity index (χ0n) is 11.8. The van der Waals surface area contributed by atoms with Gasteiger partial charge < -0.3 is 16.0 Å². The Morgan fingerprint density at radius 1 is 1.35 bits per heavy atom. The Bertz CT molecular complexity index is 549. The summed E-state index contributed by atoms with van der Waals surface area (Å²) in [6, 6.07) is 0. The molecule has 1 aliphatic rings. The molecular weight excluding hydrogens is 298 g/mol. The minimum absolute atomic E-state index is 0.0830. The van der Waals surface area contributed by atoms with E-state index in [0.29, 0.717) is 11.5 Å². The molecule has 1 aromatic rings. The van der Waals surface area contributed by atoms with Crippen molar-refractivity contribution in [2.45, 2.75) is 4.90 Å². The lowest BCUT2D eigenvalue weighted by Crippen LogP contribution is -2.45. The average molecular weight is 319 g/mol. The zero-order chi connectivity index (χ0) is 14.8. The van der Waals surface area contributed by atoms with E-state index in [1.165, 1.54) is 0 Å². The quantitative estimate of drug-likeness (QED) is 0.776. The third kappa shape index (κ3) is 3.81. The average Bonchev–Trinajstić information content (AvgIpc) is 2.73.